The van der Waals surface area contributed by atoms with Gasteiger partial charge in [-0.25, -0.2) is 0 Å². The highest BCUT2D eigenvalue weighted by Crippen LogP contribution is 2.24. The Labute approximate surface area is 147 Å². The lowest BCUT2D eigenvalue weighted by Crippen LogP contribution is -2.33. The second kappa shape index (κ2) is 7.40. The summed E-state index contributed by atoms with van der Waals surface area (Å²) in [5.74, 6) is 0.632. The molecule has 5 nitrogen and oxygen atoms in total. The first kappa shape index (κ1) is 17.0. The number of aromatic nitrogens is 1. The van der Waals surface area contributed by atoms with Crippen LogP contribution in [-0.2, 0) is 13.6 Å². The number of para-hydroxylation sites is 1. The summed E-state index contributed by atoms with van der Waals surface area (Å²) in [5.41, 5.74) is 2.56. The molecule has 0 aliphatic carbocycles. The van der Waals surface area contributed by atoms with Gasteiger partial charge in [0, 0.05) is 48.4 Å². The Balaban J connectivity index is 1.95. The van der Waals surface area contributed by atoms with Gasteiger partial charge < -0.3 is 19.3 Å². The first-order valence-corrected chi connectivity index (χ1v) is 8.21. The highest BCUT2D eigenvalue weighted by molar-refractivity contribution is 6.06. The Morgan fingerprint density at radius 3 is 2.72 bits per heavy atom. The van der Waals surface area contributed by atoms with Crippen LogP contribution in [0.3, 0.4) is 0 Å². The topological polar surface area (TPSA) is 54.7 Å². The number of aryl methyl sites for hydroxylation is 1. The number of carbonyl (C=O) groups is 1. The zero-order chi connectivity index (χ0) is 17.8. The smallest absolute Gasteiger partial charge is 0.254 e. The molecule has 0 radical (unpaired) electrons. The number of rotatable bonds is 6. The fraction of sp³-hybridized carbons (Fsp3) is 0.250. The summed E-state index contributed by atoms with van der Waals surface area (Å²) < 4.78 is 7.37. The Bertz CT molecular complexity index is 886. The molecule has 1 heterocycles. The standard InChI is InChI=1S/C20H22N2O3/c1-21-11-10-16-17(7-5-8-18(16)21)20(24)22(12-13-23)14-15-6-3-4-9-19(15)25-2/h3-11,23H,12-14H2,1-2H3. The number of aliphatic hydroxyl groups is 1. The molecule has 0 saturated heterocycles. The molecule has 0 saturated carbocycles. The predicted molar refractivity (Wildman–Crippen MR) is 97.7 cm³/mol. The van der Waals surface area contributed by atoms with Gasteiger partial charge in [0.25, 0.3) is 5.91 Å². The van der Waals surface area contributed by atoms with Crippen LogP contribution in [0.15, 0.2) is 54.7 Å². The zero-order valence-electron chi connectivity index (χ0n) is 14.5. The van der Waals surface area contributed by atoms with Gasteiger partial charge in [0.1, 0.15) is 5.75 Å². The minimum Gasteiger partial charge on any atom is -0.496 e. The average Bonchev–Trinajstić information content (AvgIpc) is 3.02. The molecule has 0 aliphatic rings. The third kappa shape index (κ3) is 3.37. The Hall–Kier alpha value is -2.79. The number of aliphatic hydroxyl groups excluding tert-OH is 1. The van der Waals surface area contributed by atoms with Crippen LogP contribution in [0.4, 0.5) is 0 Å². The van der Waals surface area contributed by atoms with Gasteiger partial charge in [-0.05, 0) is 24.3 Å². The Morgan fingerprint density at radius 1 is 1.16 bits per heavy atom. The SMILES string of the molecule is COc1ccccc1CN(CCO)C(=O)c1cccc2c1ccn2C. The third-order valence-corrected chi connectivity index (χ3v) is 4.37. The molecule has 0 fully saturated rings. The number of carbonyl (C=O) groups excluding carboxylic acids is 1. The predicted octanol–water partition coefficient (Wildman–Crippen LogP) is 2.82. The van der Waals surface area contributed by atoms with E-state index in [9.17, 15) is 9.90 Å². The quantitative estimate of drug-likeness (QED) is 0.752. The van der Waals surface area contributed by atoms with E-state index in [2.05, 4.69) is 0 Å². The highest BCUT2D eigenvalue weighted by atomic mass is 16.5. The third-order valence-electron chi connectivity index (χ3n) is 4.37. The molecule has 130 valence electrons. The molecule has 1 amide bonds. The second-order valence-electron chi connectivity index (χ2n) is 5.93. The van der Waals surface area contributed by atoms with Crippen molar-refractivity contribution < 1.29 is 14.6 Å². The van der Waals surface area contributed by atoms with E-state index in [1.807, 2.05) is 66.3 Å². The number of benzene rings is 2. The monoisotopic (exact) mass is 338 g/mol. The molecule has 2 aromatic carbocycles. The van der Waals surface area contributed by atoms with Crippen molar-refractivity contribution in [1.82, 2.24) is 9.47 Å². The van der Waals surface area contributed by atoms with Gasteiger partial charge in [0.15, 0.2) is 0 Å². The molecule has 0 spiro atoms. The van der Waals surface area contributed by atoms with E-state index >= 15 is 0 Å². The van der Waals surface area contributed by atoms with Crippen molar-refractivity contribution in [3.63, 3.8) is 0 Å². The summed E-state index contributed by atoms with van der Waals surface area (Å²) >= 11 is 0. The van der Waals surface area contributed by atoms with E-state index in [1.54, 1.807) is 12.0 Å². The van der Waals surface area contributed by atoms with Crippen molar-refractivity contribution in [2.24, 2.45) is 7.05 Å². The molecular formula is C20H22N2O3. The van der Waals surface area contributed by atoms with Gasteiger partial charge in [0.05, 0.1) is 13.7 Å². The minimum absolute atomic E-state index is 0.0916. The van der Waals surface area contributed by atoms with Gasteiger partial charge in [-0.3, -0.25) is 4.79 Å². The van der Waals surface area contributed by atoms with Crippen molar-refractivity contribution in [2.75, 3.05) is 20.3 Å². The van der Waals surface area contributed by atoms with E-state index in [1.165, 1.54) is 0 Å². The highest BCUT2D eigenvalue weighted by Gasteiger charge is 2.20. The van der Waals surface area contributed by atoms with E-state index in [0.29, 0.717) is 12.1 Å². The summed E-state index contributed by atoms with van der Waals surface area (Å²) in [4.78, 5) is 14.8. The fourth-order valence-electron chi connectivity index (χ4n) is 3.07. The van der Waals surface area contributed by atoms with Crippen LogP contribution in [0.25, 0.3) is 10.9 Å². The molecule has 0 bridgehead atoms. The van der Waals surface area contributed by atoms with Crippen molar-refractivity contribution in [3.05, 3.63) is 65.9 Å². The lowest BCUT2D eigenvalue weighted by Gasteiger charge is -2.23. The van der Waals surface area contributed by atoms with Crippen LogP contribution < -0.4 is 4.74 Å². The molecule has 3 rings (SSSR count). The van der Waals surface area contributed by atoms with Gasteiger partial charge in [-0.1, -0.05) is 24.3 Å². The van der Waals surface area contributed by atoms with Crippen molar-refractivity contribution >= 4 is 16.8 Å². The van der Waals surface area contributed by atoms with Crippen LogP contribution in [0.2, 0.25) is 0 Å². The number of methoxy groups -OCH3 is 1. The number of amides is 1. The van der Waals surface area contributed by atoms with E-state index in [-0.39, 0.29) is 19.1 Å². The van der Waals surface area contributed by atoms with Gasteiger partial charge in [0.2, 0.25) is 0 Å². The Kier molecular flexibility index (Phi) is 5.05. The molecule has 0 unspecified atom stereocenters. The van der Waals surface area contributed by atoms with Crippen LogP contribution in [0, 0.1) is 0 Å². The largest absolute Gasteiger partial charge is 0.496 e. The summed E-state index contributed by atoms with van der Waals surface area (Å²) in [7, 11) is 3.57. The molecule has 1 N–H and O–H groups in total. The second-order valence-corrected chi connectivity index (χ2v) is 5.93. The Morgan fingerprint density at radius 2 is 1.96 bits per heavy atom. The minimum atomic E-state index is -0.100. The molecule has 5 heteroatoms. The average molecular weight is 338 g/mol. The maximum absolute atomic E-state index is 13.1. The number of ether oxygens (including phenoxy) is 1. The van der Waals surface area contributed by atoms with Gasteiger partial charge >= 0.3 is 0 Å². The fourth-order valence-corrected chi connectivity index (χ4v) is 3.07. The molecule has 25 heavy (non-hydrogen) atoms. The van der Waals surface area contributed by atoms with E-state index in [4.69, 9.17) is 4.74 Å². The van der Waals surface area contributed by atoms with Crippen molar-refractivity contribution in [1.29, 1.82) is 0 Å². The van der Waals surface area contributed by atoms with Crippen molar-refractivity contribution in [2.45, 2.75) is 6.54 Å². The summed E-state index contributed by atoms with van der Waals surface area (Å²) in [6.07, 6.45) is 1.94. The number of fused-ring (bicyclic) bond motifs is 1. The first-order chi connectivity index (χ1) is 12.2. The molecule has 0 aliphatic heterocycles. The van der Waals surface area contributed by atoms with Gasteiger partial charge in [-0.15, -0.1) is 0 Å². The van der Waals surface area contributed by atoms with Crippen LogP contribution >= 0.6 is 0 Å². The zero-order valence-corrected chi connectivity index (χ0v) is 14.5. The summed E-state index contributed by atoms with van der Waals surface area (Å²) in [6.45, 7) is 0.554. The van der Waals surface area contributed by atoms with E-state index in [0.717, 1.165) is 22.2 Å². The molecule has 3 aromatic rings. The van der Waals surface area contributed by atoms with Crippen LogP contribution in [0.1, 0.15) is 15.9 Å². The van der Waals surface area contributed by atoms with Crippen molar-refractivity contribution in [3.8, 4) is 5.75 Å². The van der Waals surface area contributed by atoms with Crippen LogP contribution in [-0.4, -0.2) is 40.7 Å². The first-order valence-electron chi connectivity index (χ1n) is 8.21. The normalized spacial score (nSPS) is 10.8. The number of hydrogen-bond donors (Lipinski definition) is 1. The summed E-state index contributed by atoms with van der Waals surface area (Å²) in [5, 5.41) is 10.3. The summed E-state index contributed by atoms with van der Waals surface area (Å²) in [6, 6.07) is 15.3. The molecule has 0 atom stereocenters. The molecule has 1 aromatic heterocycles. The van der Waals surface area contributed by atoms with Crippen LogP contribution in [0.5, 0.6) is 5.75 Å². The van der Waals surface area contributed by atoms with Gasteiger partial charge in [-0.2, -0.15) is 0 Å². The number of hydrogen-bond acceptors (Lipinski definition) is 3. The maximum atomic E-state index is 13.1. The maximum Gasteiger partial charge on any atom is 0.254 e. The number of nitrogens with zero attached hydrogens (tertiary/aromatic N) is 2. The lowest BCUT2D eigenvalue weighted by atomic mass is 10.1. The molecular weight excluding hydrogens is 316 g/mol. The lowest BCUT2D eigenvalue weighted by molar-refractivity contribution is 0.0708. The van der Waals surface area contributed by atoms with E-state index < -0.39 is 0 Å².